The number of fused-ring (bicyclic) bond motifs is 1. The van der Waals surface area contributed by atoms with Crippen molar-refractivity contribution in [3.8, 4) is 11.3 Å². The highest BCUT2D eigenvalue weighted by atomic mass is 16.5. The molecule has 1 saturated heterocycles. The van der Waals surface area contributed by atoms with E-state index in [1.807, 2.05) is 0 Å². The van der Waals surface area contributed by atoms with Gasteiger partial charge in [0.2, 0.25) is 5.91 Å². The first-order valence-corrected chi connectivity index (χ1v) is 12.1. The van der Waals surface area contributed by atoms with Crippen LogP contribution in [0, 0.1) is 5.92 Å². The third kappa shape index (κ3) is 4.86. The number of hydrogen-bond donors (Lipinski definition) is 0. The second kappa shape index (κ2) is 9.87. The second-order valence-corrected chi connectivity index (χ2v) is 9.20. The van der Waals surface area contributed by atoms with E-state index >= 15 is 0 Å². The molecule has 2 heterocycles. The highest BCUT2D eigenvalue weighted by Crippen LogP contribution is 2.29. The molecule has 6 nitrogen and oxygen atoms in total. The van der Waals surface area contributed by atoms with Gasteiger partial charge in [-0.15, -0.1) is 0 Å². The number of rotatable bonds is 4. The molecular formula is C27H32N4O2. The molecular weight excluding hydrogens is 412 g/mol. The zero-order valence-corrected chi connectivity index (χ0v) is 19.3. The fourth-order valence-electron chi connectivity index (χ4n) is 5.20. The molecule has 1 saturated carbocycles. The molecule has 0 spiro atoms. The van der Waals surface area contributed by atoms with Gasteiger partial charge < -0.3 is 14.5 Å². The summed E-state index contributed by atoms with van der Waals surface area (Å²) in [6.45, 7) is 3.27. The van der Waals surface area contributed by atoms with Gasteiger partial charge >= 0.3 is 0 Å². The van der Waals surface area contributed by atoms with Crippen LogP contribution in [0.5, 0.6) is 0 Å². The predicted molar refractivity (Wildman–Crippen MR) is 131 cm³/mol. The van der Waals surface area contributed by atoms with Gasteiger partial charge in [-0.05, 0) is 48.9 Å². The SMILES string of the molecule is COC1CCC(C(=O)N2CCCN(c3cc(-c4ccc5ccccc5c4)ncn3)CC2)CC1. The topological polar surface area (TPSA) is 58.6 Å². The molecule has 3 aromatic rings. The zero-order valence-electron chi connectivity index (χ0n) is 19.3. The molecule has 172 valence electrons. The maximum atomic E-state index is 13.1. The average Bonchev–Trinajstić information content (AvgIpc) is 3.14. The predicted octanol–water partition coefficient (Wildman–Crippen LogP) is 4.54. The Balaban J connectivity index is 1.26. The first-order valence-electron chi connectivity index (χ1n) is 12.1. The van der Waals surface area contributed by atoms with Crippen LogP contribution in [0.2, 0.25) is 0 Å². The van der Waals surface area contributed by atoms with Crippen LogP contribution in [0.4, 0.5) is 5.82 Å². The lowest BCUT2D eigenvalue weighted by molar-refractivity contribution is -0.137. The lowest BCUT2D eigenvalue weighted by atomic mass is 9.86. The number of hydrogen-bond acceptors (Lipinski definition) is 5. The molecule has 2 aromatic carbocycles. The van der Waals surface area contributed by atoms with Gasteiger partial charge in [-0.2, -0.15) is 0 Å². The van der Waals surface area contributed by atoms with Gasteiger partial charge in [-0.3, -0.25) is 4.79 Å². The van der Waals surface area contributed by atoms with E-state index in [4.69, 9.17) is 4.74 Å². The largest absolute Gasteiger partial charge is 0.381 e. The number of ether oxygens (including phenoxy) is 1. The number of methoxy groups -OCH3 is 1. The minimum atomic E-state index is 0.154. The highest BCUT2D eigenvalue weighted by Gasteiger charge is 2.30. The monoisotopic (exact) mass is 444 g/mol. The quantitative estimate of drug-likeness (QED) is 0.591. The molecule has 5 rings (SSSR count). The molecule has 0 bridgehead atoms. The van der Waals surface area contributed by atoms with Crippen LogP contribution in [-0.2, 0) is 9.53 Å². The molecule has 2 aliphatic rings. The lowest BCUT2D eigenvalue weighted by Crippen LogP contribution is -2.40. The smallest absolute Gasteiger partial charge is 0.225 e. The second-order valence-electron chi connectivity index (χ2n) is 9.20. The minimum absolute atomic E-state index is 0.154. The third-order valence-electron chi connectivity index (χ3n) is 7.19. The van der Waals surface area contributed by atoms with Crippen molar-refractivity contribution in [3.05, 3.63) is 54.9 Å². The van der Waals surface area contributed by atoms with Gasteiger partial charge in [0.25, 0.3) is 0 Å². The maximum Gasteiger partial charge on any atom is 0.225 e. The summed E-state index contributed by atoms with van der Waals surface area (Å²) in [6, 6.07) is 16.9. The van der Waals surface area contributed by atoms with Crippen molar-refractivity contribution >= 4 is 22.5 Å². The van der Waals surface area contributed by atoms with Gasteiger partial charge in [0.15, 0.2) is 0 Å². The van der Waals surface area contributed by atoms with Crippen LogP contribution in [0.25, 0.3) is 22.0 Å². The molecule has 1 aromatic heterocycles. The number of carbonyl (C=O) groups is 1. The standard InChI is InChI=1S/C27H32N4O2/c1-33-24-11-9-21(10-12-24)27(32)31-14-4-13-30(15-16-31)26-18-25(28-19-29-26)23-8-7-20-5-2-3-6-22(20)17-23/h2-3,5-8,17-19,21,24H,4,9-16H2,1H3. The van der Waals surface area contributed by atoms with E-state index < -0.39 is 0 Å². The Hall–Kier alpha value is -2.99. The minimum Gasteiger partial charge on any atom is -0.381 e. The molecule has 1 aliphatic heterocycles. The van der Waals surface area contributed by atoms with Gasteiger partial charge in [-0.1, -0.05) is 36.4 Å². The van der Waals surface area contributed by atoms with Gasteiger partial charge in [-0.25, -0.2) is 9.97 Å². The number of amides is 1. The summed E-state index contributed by atoms with van der Waals surface area (Å²) >= 11 is 0. The van der Waals surface area contributed by atoms with Gasteiger partial charge in [0.1, 0.15) is 12.1 Å². The molecule has 0 unspecified atom stereocenters. The lowest BCUT2D eigenvalue weighted by Gasteiger charge is -2.31. The Kier molecular flexibility index (Phi) is 6.53. The van der Waals surface area contributed by atoms with E-state index in [2.05, 4.69) is 68.3 Å². The van der Waals surface area contributed by atoms with E-state index in [0.29, 0.717) is 12.0 Å². The molecule has 1 aliphatic carbocycles. The molecule has 0 N–H and O–H groups in total. The Morgan fingerprint density at radius 2 is 1.73 bits per heavy atom. The summed E-state index contributed by atoms with van der Waals surface area (Å²) in [5.74, 6) is 1.41. The summed E-state index contributed by atoms with van der Waals surface area (Å²) in [5.41, 5.74) is 2.02. The van der Waals surface area contributed by atoms with Crippen molar-refractivity contribution in [2.24, 2.45) is 5.92 Å². The van der Waals surface area contributed by atoms with Crippen LogP contribution in [0.3, 0.4) is 0 Å². The molecule has 1 amide bonds. The number of anilines is 1. The van der Waals surface area contributed by atoms with E-state index in [1.54, 1.807) is 13.4 Å². The molecule has 6 heteroatoms. The van der Waals surface area contributed by atoms with Gasteiger partial charge in [0, 0.05) is 50.8 Å². The number of nitrogens with zero attached hydrogens (tertiary/aromatic N) is 4. The van der Waals surface area contributed by atoms with Crippen molar-refractivity contribution < 1.29 is 9.53 Å². The summed E-state index contributed by atoms with van der Waals surface area (Å²) < 4.78 is 5.47. The number of aromatic nitrogens is 2. The normalized spacial score (nSPS) is 21.7. The van der Waals surface area contributed by atoms with Crippen molar-refractivity contribution in [2.75, 3.05) is 38.2 Å². The Morgan fingerprint density at radius 3 is 2.55 bits per heavy atom. The molecule has 0 atom stereocenters. The number of benzene rings is 2. The fraction of sp³-hybridized carbons (Fsp3) is 0.444. The third-order valence-corrected chi connectivity index (χ3v) is 7.19. The molecule has 2 fully saturated rings. The summed E-state index contributed by atoms with van der Waals surface area (Å²) in [4.78, 5) is 26.6. The average molecular weight is 445 g/mol. The van der Waals surface area contributed by atoms with Crippen LogP contribution in [0.15, 0.2) is 54.9 Å². The van der Waals surface area contributed by atoms with E-state index in [9.17, 15) is 4.79 Å². The van der Waals surface area contributed by atoms with E-state index in [1.165, 1.54) is 10.8 Å². The first-order chi connectivity index (χ1) is 16.2. The van der Waals surface area contributed by atoms with Crippen molar-refractivity contribution in [3.63, 3.8) is 0 Å². The first kappa shape index (κ1) is 21.8. The Bertz CT molecular complexity index is 1110. The fourth-order valence-corrected chi connectivity index (χ4v) is 5.20. The highest BCUT2D eigenvalue weighted by molar-refractivity contribution is 5.87. The molecule has 33 heavy (non-hydrogen) atoms. The molecule has 0 radical (unpaired) electrons. The summed E-state index contributed by atoms with van der Waals surface area (Å²) in [6.07, 6.45) is 6.80. The van der Waals surface area contributed by atoms with Crippen LogP contribution in [0.1, 0.15) is 32.1 Å². The summed E-state index contributed by atoms with van der Waals surface area (Å²) in [5, 5.41) is 2.43. The summed E-state index contributed by atoms with van der Waals surface area (Å²) in [7, 11) is 1.77. The Labute approximate surface area is 195 Å². The van der Waals surface area contributed by atoms with Crippen molar-refractivity contribution in [1.82, 2.24) is 14.9 Å². The van der Waals surface area contributed by atoms with Gasteiger partial charge in [0.05, 0.1) is 11.8 Å². The number of carbonyl (C=O) groups excluding carboxylic acids is 1. The van der Waals surface area contributed by atoms with Crippen LogP contribution in [-0.4, -0.2) is 60.2 Å². The zero-order chi connectivity index (χ0) is 22.6. The van der Waals surface area contributed by atoms with E-state index in [-0.39, 0.29) is 5.92 Å². The van der Waals surface area contributed by atoms with Crippen LogP contribution >= 0.6 is 0 Å². The Morgan fingerprint density at radius 1 is 0.909 bits per heavy atom. The van der Waals surface area contributed by atoms with Crippen molar-refractivity contribution in [1.29, 1.82) is 0 Å². The van der Waals surface area contributed by atoms with Crippen molar-refractivity contribution in [2.45, 2.75) is 38.2 Å². The maximum absolute atomic E-state index is 13.1. The van der Waals surface area contributed by atoms with Crippen LogP contribution < -0.4 is 4.90 Å². The van der Waals surface area contributed by atoms with E-state index in [0.717, 1.165) is 75.4 Å².